The molecule has 1 aromatic heterocycles. The summed E-state index contributed by atoms with van der Waals surface area (Å²) in [4.78, 5) is 18.1. The highest BCUT2D eigenvalue weighted by Crippen LogP contribution is 2.26. The van der Waals surface area contributed by atoms with Crippen LogP contribution in [0.2, 0.25) is 0 Å². The van der Waals surface area contributed by atoms with E-state index in [2.05, 4.69) is 15.5 Å². The Kier molecular flexibility index (Phi) is 3.57. The Hall–Kier alpha value is -2.41. The largest absolute Gasteiger partial charge is 0.357 e. The number of amides is 1. The first kappa shape index (κ1) is 13.6. The summed E-state index contributed by atoms with van der Waals surface area (Å²) < 4.78 is 5.31. The molecule has 3 N–H and O–H groups in total. The van der Waals surface area contributed by atoms with Crippen molar-refractivity contribution in [2.45, 2.75) is 18.5 Å². The van der Waals surface area contributed by atoms with Crippen molar-refractivity contribution in [3.63, 3.8) is 0 Å². The van der Waals surface area contributed by atoms with Crippen LogP contribution in [0.25, 0.3) is 11.4 Å². The van der Waals surface area contributed by atoms with Gasteiger partial charge in [0.1, 0.15) is 6.04 Å². The molecule has 1 aliphatic rings. The molecule has 0 spiro atoms. The molecule has 0 bridgehead atoms. The lowest BCUT2D eigenvalue weighted by Crippen LogP contribution is -2.42. The van der Waals surface area contributed by atoms with Gasteiger partial charge in [0.05, 0.1) is 0 Å². The van der Waals surface area contributed by atoms with Gasteiger partial charge in [-0.2, -0.15) is 4.98 Å². The molecule has 1 fully saturated rings. The van der Waals surface area contributed by atoms with Crippen LogP contribution in [0.4, 0.5) is 6.01 Å². The fourth-order valence-corrected chi connectivity index (χ4v) is 2.53. The number of nitrogens with zero attached hydrogens (tertiary/aromatic N) is 3. The van der Waals surface area contributed by atoms with Crippen LogP contribution in [0.1, 0.15) is 6.42 Å². The van der Waals surface area contributed by atoms with Crippen molar-refractivity contribution in [2.24, 2.45) is 5.73 Å². The average Bonchev–Trinajstić information content (AvgIpc) is 3.13. The summed E-state index contributed by atoms with van der Waals surface area (Å²) in [6.45, 7) is 0.522. The van der Waals surface area contributed by atoms with Crippen molar-refractivity contribution in [2.75, 3.05) is 18.5 Å². The first-order chi connectivity index (χ1) is 10.2. The second-order valence-electron chi connectivity index (χ2n) is 5.04. The Balaban J connectivity index is 1.87. The van der Waals surface area contributed by atoms with Crippen molar-refractivity contribution in [3.8, 4) is 11.4 Å². The number of carbonyl (C=O) groups is 1. The summed E-state index contributed by atoms with van der Waals surface area (Å²) in [5.41, 5.74) is 6.82. The zero-order valence-electron chi connectivity index (χ0n) is 11.7. The van der Waals surface area contributed by atoms with Gasteiger partial charge in [-0.05, 0) is 6.42 Å². The average molecular weight is 287 g/mol. The highest BCUT2D eigenvalue weighted by Gasteiger charge is 2.37. The minimum Gasteiger partial charge on any atom is -0.357 e. The number of anilines is 1. The molecule has 7 nitrogen and oxygen atoms in total. The molecule has 0 radical (unpaired) electrons. The molecule has 1 aromatic carbocycles. The second kappa shape index (κ2) is 5.53. The molecule has 21 heavy (non-hydrogen) atoms. The molecular formula is C14H17N5O2. The number of likely N-dealkylation sites (N-methyl/N-ethyl adjacent to an activating group) is 1. The van der Waals surface area contributed by atoms with E-state index in [9.17, 15) is 4.79 Å². The van der Waals surface area contributed by atoms with Crippen molar-refractivity contribution in [1.29, 1.82) is 0 Å². The van der Waals surface area contributed by atoms with Crippen LogP contribution in [0.3, 0.4) is 0 Å². The van der Waals surface area contributed by atoms with Gasteiger partial charge in [-0.1, -0.05) is 35.5 Å². The zero-order chi connectivity index (χ0) is 14.8. The fraction of sp³-hybridized carbons (Fsp3) is 0.357. The first-order valence-corrected chi connectivity index (χ1v) is 6.82. The van der Waals surface area contributed by atoms with E-state index in [0.717, 1.165) is 5.56 Å². The predicted octanol–water partition coefficient (Wildman–Crippen LogP) is 0.389. The Morgan fingerprint density at radius 3 is 2.90 bits per heavy atom. The van der Waals surface area contributed by atoms with E-state index >= 15 is 0 Å². The number of carbonyl (C=O) groups excluding carboxylic acids is 1. The zero-order valence-corrected chi connectivity index (χ0v) is 11.7. The lowest BCUT2D eigenvalue weighted by Gasteiger charge is -2.19. The molecule has 2 heterocycles. The Morgan fingerprint density at radius 2 is 2.19 bits per heavy atom. The van der Waals surface area contributed by atoms with E-state index in [0.29, 0.717) is 24.8 Å². The standard InChI is InChI=1S/C14H17N5O2/c1-16-13(20)11-7-10(15)8-19(11)14-17-12(18-21-14)9-5-3-2-4-6-9/h2-6,10-11H,7-8,15H2,1H3,(H,16,20)/t10-,11+/m1/s1. The van der Waals surface area contributed by atoms with E-state index in [-0.39, 0.29) is 18.0 Å². The van der Waals surface area contributed by atoms with Crippen LogP contribution in [-0.2, 0) is 4.79 Å². The quantitative estimate of drug-likeness (QED) is 0.847. The van der Waals surface area contributed by atoms with Gasteiger partial charge >= 0.3 is 6.01 Å². The van der Waals surface area contributed by atoms with Gasteiger partial charge in [0.25, 0.3) is 0 Å². The van der Waals surface area contributed by atoms with Crippen LogP contribution in [-0.4, -0.2) is 41.7 Å². The molecule has 1 saturated heterocycles. The van der Waals surface area contributed by atoms with Crippen molar-refractivity contribution < 1.29 is 9.32 Å². The Morgan fingerprint density at radius 1 is 1.43 bits per heavy atom. The maximum atomic E-state index is 11.9. The molecule has 110 valence electrons. The molecule has 7 heteroatoms. The minimum absolute atomic E-state index is 0.0839. The second-order valence-corrected chi connectivity index (χ2v) is 5.04. The van der Waals surface area contributed by atoms with Gasteiger partial charge in [0.2, 0.25) is 11.7 Å². The highest BCUT2D eigenvalue weighted by molar-refractivity contribution is 5.85. The number of benzene rings is 1. The molecule has 0 aliphatic carbocycles. The maximum Gasteiger partial charge on any atom is 0.325 e. The lowest BCUT2D eigenvalue weighted by molar-refractivity contribution is -0.121. The smallest absolute Gasteiger partial charge is 0.325 e. The molecule has 0 unspecified atom stereocenters. The molecule has 2 aromatic rings. The van der Waals surface area contributed by atoms with E-state index < -0.39 is 0 Å². The molecule has 2 atom stereocenters. The number of aromatic nitrogens is 2. The van der Waals surface area contributed by atoms with Crippen molar-refractivity contribution in [3.05, 3.63) is 30.3 Å². The minimum atomic E-state index is -0.367. The third kappa shape index (κ3) is 2.59. The number of rotatable bonds is 3. The third-order valence-electron chi connectivity index (χ3n) is 3.58. The monoisotopic (exact) mass is 287 g/mol. The summed E-state index contributed by atoms with van der Waals surface area (Å²) in [6.07, 6.45) is 0.572. The number of nitrogens with two attached hydrogens (primary N) is 1. The van der Waals surface area contributed by atoms with Gasteiger partial charge in [-0.15, -0.1) is 0 Å². The number of hydrogen-bond acceptors (Lipinski definition) is 6. The van der Waals surface area contributed by atoms with Crippen molar-refractivity contribution in [1.82, 2.24) is 15.5 Å². The maximum absolute atomic E-state index is 11.9. The van der Waals surface area contributed by atoms with E-state index in [1.165, 1.54) is 0 Å². The van der Waals surface area contributed by atoms with Crippen LogP contribution in [0.15, 0.2) is 34.9 Å². The summed E-state index contributed by atoms with van der Waals surface area (Å²) in [6, 6.07) is 9.42. The molecule has 1 amide bonds. The van der Waals surface area contributed by atoms with E-state index in [4.69, 9.17) is 10.3 Å². The topological polar surface area (TPSA) is 97.3 Å². The summed E-state index contributed by atoms with van der Waals surface area (Å²) in [5, 5.41) is 6.62. The summed E-state index contributed by atoms with van der Waals surface area (Å²) >= 11 is 0. The van der Waals surface area contributed by atoms with Gasteiger partial charge in [0, 0.05) is 25.2 Å². The van der Waals surface area contributed by atoms with Crippen LogP contribution in [0.5, 0.6) is 0 Å². The van der Waals surface area contributed by atoms with Crippen LogP contribution < -0.4 is 16.0 Å². The van der Waals surface area contributed by atoms with Crippen LogP contribution >= 0.6 is 0 Å². The normalized spacial score (nSPS) is 21.5. The van der Waals surface area contributed by atoms with E-state index in [1.54, 1.807) is 11.9 Å². The summed E-state index contributed by atoms with van der Waals surface area (Å²) in [5.74, 6) is 0.407. The van der Waals surface area contributed by atoms with E-state index in [1.807, 2.05) is 30.3 Å². The van der Waals surface area contributed by atoms with Gasteiger partial charge in [-0.25, -0.2) is 0 Å². The molecule has 0 saturated carbocycles. The SMILES string of the molecule is CNC(=O)[C@@H]1C[C@@H](N)CN1c1nc(-c2ccccc2)no1. The predicted molar refractivity (Wildman–Crippen MR) is 77.5 cm³/mol. The van der Waals surface area contributed by atoms with Gasteiger partial charge in [0.15, 0.2) is 0 Å². The first-order valence-electron chi connectivity index (χ1n) is 6.82. The number of nitrogens with one attached hydrogen (secondary N) is 1. The van der Waals surface area contributed by atoms with Crippen LogP contribution in [0, 0.1) is 0 Å². The Bertz CT molecular complexity index is 627. The molecular weight excluding hydrogens is 270 g/mol. The lowest BCUT2D eigenvalue weighted by atomic mass is 10.2. The van der Waals surface area contributed by atoms with Crippen molar-refractivity contribution >= 4 is 11.9 Å². The highest BCUT2D eigenvalue weighted by atomic mass is 16.5. The Labute approximate surface area is 122 Å². The molecule has 3 rings (SSSR count). The van der Waals surface area contributed by atoms with Gasteiger partial charge < -0.3 is 20.5 Å². The third-order valence-corrected chi connectivity index (χ3v) is 3.58. The number of hydrogen-bond donors (Lipinski definition) is 2. The fourth-order valence-electron chi connectivity index (χ4n) is 2.53. The molecule has 1 aliphatic heterocycles. The summed E-state index contributed by atoms with van der Waals surface area (Å²) in [7, 11) is 1.60. The van der Waals surface area contributed by atoms with Gasteiger partial charge in [-0.3, -0.25) is 4.79 Å².